The third kappa shape index (κ3) is 5.52. The number of ether oxygens (including phenoxy) is 1. The van der Waals surface area contributed by atoms with Crippen LogP contribution in [0.15, 0.2) is 66.9 Å². The highest BCUT2D eigenvalue weighted by Crippen LogP contribution is 2.34. The number of rotatable bonds is 7. The van der Waals surface area contributed by atoms with Gasteiger partial charge in [-0.1, -0.05) is 24.3 Å². The van der Waals surface area contributed by atoms with E-state index in [-0.39, 0.29) is 6.61 Å². The maximum atomic E-state index is 12.7. The predicted octanol–water partition coefficient (Wildman–Crippen LogP) is 5.08. The van der Waals surface area contributed by atoms with Gasteiger partial charge in [-0.2, -0.15) is 0 Å². The fraction of sp³-hybridized carbons (Fsp3) is 0.154. The second kappa shape index (κ2) is 9.63. The lowest BCUT2D eigenvalue weighted by atomic mass is 10.0. The van der Waals surface area contributed by atoms with Crippen LogP contribution in [-0.4, -0.2) is 32.2 Å². The number of nitrogen functional groups attached to an aromatic ring is 1. The smallest absolute Gasteiger partial charge is 0.341 e. The summed E-state index contributed by atoms with van der Waals surface area (Å²) in [6.45, 7) is 3.91. The van der Waals surface area contributed by atoms with Crippen molar-refractivity contribution in [3.05, 3.63) is 78.0 Å². The molecule has 1 heterocycles. The highest BCUT2D eigenvalue weighted by molar-refractivity contribution is 7.92. The van der Waals surface area contributed by atoms with Crippen molar-refractivity contribution in [2.24, 2.45) is 0 Å². The first kappa shape index (κ1) is 24.0. The minimum absolute atomic E-state index is 0.238. The van der Waals surface area contributed by atoms with Gasteiger partial charge in [0.2, 0.25) is 10.0 Å². The number of aromatic nitrogens is 1. The number of nitrogens with two attached hydrogens (primary N) is 1. The fourth-order valence-corrected chi connectivity index (χ4v) is 4.24. The van der Waals surface area contributed by atoms with Crippen molar-refractivity contribution in [2.45, 2.75) is 13.8 Å². The molecule has 35 heavy (non-hydrogen) atoms. The van der Waals surface area contributed by atoms with Crippen LogP contribution in [0.3, 0.4) is 0 Å². The van der Waals surface area contributed by atoms with E-state index >= 15 is 0 Å². The summed E-state index contributed by atoms with van der Waals surface area (Å²) in [5.41, 5.74) is 12.2. The minimum Gasteiger partial charge on any atom is -0.462 e. The Kier molecular flexibility index (Phi) is 6.61. The summed E-state index contributed by atoms with van der Waals surface area (Å²) < 4.78 is 30.7. The van der Waals surface area contributed by atoms with Crippen molar-refractivity contribution in [1.29, 1.82) is 0 Å². The number of hydrogen-bond acceptors (Lipinski definition) is 7. The van der Waals surface area contributed by atoms with Gasteiger partial charge in [0.25, 0.3) is 0 Å². The average molecular weight is 491 g/mol. The Labute approximate surface area is 204 Å². The molecule has 180 valence electrons. The average Bonchev–Trinajstić information content (AvgIpc) is 2.81. The largest absolute Gasteiger partial charge is 0.462 e. The number of nitrogens with one attached hydrogen (secondary N) is 2. The number of carbonyl (C=O) groups excluding carboxylic acids is 1. The van der Waals surface area contributed by atoms with Gasteiger partial charge >= 0.3 is 5.97 Å². The zero-order chi connectivity index (χ0) is 25.2. The number of carbonyl (C=O) groups is 1. The minimum atomic E-state index is -3.36. The molecule has 4 N–H and O–H groups in total. The molecule has 0 spiro atoms. The summed E-state index contributed by atoms with van der Waals surface area (Å²) in [5.74, 6) is -0.480. The number of hydrogen-bond donors (Lipinski definition) is 3. The van der Waals surface area contributed by atoms with Crippen LogP contribution in [0.5, 0.6) is 0 Å². The zero-order valence-electron chi connectivity index (χ0n) is 19.6. The van der Waals surface area contributed by atoms with E-state index in [1.165, 1.54) is 6.20 Å². The van der Waals surface area contributed by atoms with Gasteiger partial charge in [0.05, 0.1) is 24.1 Å². The summed E-state index contributed by atoms with van der Waals surface area (Å²) in [6.07, 6.45) is 2.61. The molecule has 0 unspecified atom stereocenters. The summed E-state index contributed by atoms with van der Waals surface area (Å²) in [6, 6.07) is 18.4. The first-order valence-electron chi connectivity index (χ1n) is 11.0. The third-order valence-corrected chi connectivity index (χ3v) is 6.04. The number of aryl methyl sites for hydroxylation is 1. The molecule has 0 amide bonds. The summed E-state index contributed by atoms with van der Waals surface area (Å²) in [5, 5.41) is 4.07. The Balaban J connectivity index is 1.82. The van der Waals surface area contributed by atoms with Crippen molar-refractivity contribution < 1.29 is 17.9 Å². The number of sulfonamides is 1. The molecule has 4 rings (SSSR count). The number of benzene rings is 3. The molecule has 0 bridgehead atoms. The molecule has 0 atom stereocenters. The van der Waals surface area contributed by atoms with E-state index < -0.39 is 16.0 Å². The normalized spacial score (nSPS) is 11.3. The number of fused-ring (bicyclic) bond motifs is 1. The highest BCUT2D eigenvalue weighted by Gasteiger charge is 2.18. The Morgan fingerprint density at radius 1 is 1.00 bits per heavy atom. The van der Waals surface area contributed by atoms with Crippen molar-refractivity contribution in [3.8, 4) is 11.1 Å². The second-order valence-corrected chi connectivity index (χ2v) is 9.90. The van der Waals surface area contributed by atoms with Crippen LogP contribution in [0.4, 0.5) is 22.7 Å². The number of nitrogens with zero attached hydrogens (tertiary/aromatic N) is 1. The van der Waals surface area contributed by atoms with E-state index in [0.717, 1.165) is 34.0 Å². The van der Waals surface area contributed by atoms with Gasteiger partial charge < -0.3 is 15.8 Å². The lowest BCUT2D eigenvalue weighted by molar-refractivity contribution is 0.0527. The Morgan fingerprint density at radius 3 is 2.34 bits per heavy atom. The van der Waals surface area contributed by atoms with Crippen LogP contribution in [0.25, 0.3) is 22.0 Å². The van der Waals surface area contributed by atoms with Gasteiger partial charge in [-0.3, -0.25) is 9.71 Å². The Bertz CT molecular complexity index is 1520. The first-order valence-corrected chi connectivity index (χ1v) is 12.8. The number of esters is 1. The monoisotopic (exact) mass is 490 g/mol. The molecule has 0 aliphatic heterocycles. The third-order valence-electron chi connectivity index (χ3n) is 5.43. The molecular weight excluding hydrogens is 464 g/mol. The van der Waals surface area contributed by atoms with Gasteiger partial charge in [-0.25, -0.2) is 13.2 Å². The van der Waals surface area contributed by atoms with E-state index in [9.17, 15) is 13.2 Å². The molecule has 0 aliphatic carbocycles. The van der Waals surface area contributed by atoms with Gasteiger partial charge in [0.15, 0.2) is 0 Å². The van der Waals surface area contributed by atoms with Crippen molar-refractivity contribution >= 4 is 49.6 Å². The van der Waals surface area contributed by atoms with Gasteiger partial charge in [0, 0.05) is 28.6 Å². The van der Waals surface area contributed by atoms with Crippen LogP contribution in [0.2, 0.25) is 0 Å². The molecule has 0 aliphatic rings. The van der Waals surface area contributed by atoms with Gasteiger partial charge in [0.1, 0.15) is 5.56 Å². The van der Waals surface area contributed by atoms with Crippen LogP contribution >= 0.6 is 0 Å². The molecule has 0 radical (unpaired) electrons. The van der Waals surface area contributed by atoms with E-state index in [2.05, 4.69) is 15.0 Å². The van der Waals surface area contributed by atoms with E-state index in [0.29, 0.717) is 28.1 Å². The van der Waals surface area contributed by atoms with Gasteiger partial charge in [-0.15, -0.1) is 0 Å². The lowest BCUT2D eigenvalue weighted by Gasteiger charge is -2.16. The molecular formula is C26H26N4O4S. The quantitative estimate of drug-likeness (QED) is 0.244. The molecule has 0 saturated heterocycles. The summed E-state index contributed by atoms with van der Waals surface area (Å²) in [7, 11) is -3.36. The second-order valence-electron chi connectivity index (χ2n) is 8.15. The van der Waals surface area contributed by atoms with E-state index in [1.807, 2.05) is 55.5 Å². The SMILES string of the molecule is CCOC(=O)c1cnc2ccc(-c3ccc(NS(C)(=O)=O)cc3)cc2c1Nc1ccc(C)c(N)c1. The summed E-state index contributed by atoms with van der Waals surface area (Å²) >= 11 is 0. The molecule has 9 heteroatoms. The predicted molar refractivity (Wildman–Crippen MR) is 140 cm³/mol. The lowest BCUT2D eigenvalue weighted by Crippen LogP contribution is -2.09. The topological polar surface area (TPSA) is 123 Å². The maximum Gasteiger partial charge on any atom is 0.341 e. The maximum absolute atomic E-state index is 12.7. The molecule has 0 saturated carbocycles. The number of anilines is 4. The van der Waals surface area contributed by atoms with Crippen LogP contribution < -0.4 is 15.8 Å². The molecule has 0 fully saturated rings. The van der Waals surface area contributed by atoms with Crippen LogP contribution in [0, 0.1) is 6.92 Å². The fourth-order valence-electron chi connectivity index (χ4n) is 3.68. The van der Waals surface area contributed by atoms with Crippen LogP contribution in [-0.2, 0) is 14.8 Å². The highest BCUT2D eigenvalue weighted by atomic mass is 32.2. The van der Waals surface area contributed by atoms with Crippen LogP contribution in [0.1, 0.15) is 22.8 Å². The molecule has 4 aromatic rings. The Morgan fingerprint density at radius 2 is 1.69 bits per heavy atom. The first-order chi connectivity index (χ1) is 16.6. The van der Waals surface area contributed by atoms with Crippen molar-refractivity contribution in [2.75, 3.05) is 28.6 Å². The molecule has 3 aromatic carbocycles. The van der Waals surface area contributed by atoms with Gasteiger partial charge in [-0.05, 0) is 66.9 Å². The number of pyridine rings is 1. The molecule has 1 aromatic heterocycles. The Hall–Kier alpha value is -4.11. The van der Waals surface area contributed by atoms with Crippen molar-refractivity contribution in [3.63, 3.8) is 0 Å². The van der Waals surface area contributed by atoms with Crippen molar-refractivity contribution in [1.82, 2.24) is 4.98 Å². The standard InChI is InChI=1S/C26H26N4O4S/c1-4-34-26(31)22-15-28-24-12-8-18(17-6-10-19(11-7-17)30-35(3,32)33)13-21(24)25(22)29-20-9-5-16(2)23(27)14-20/h5-15,30H,4,27H2,1-3H3,(H,28,29). The zero-order valence-corrected chi connectivity index (χ0v) is 20.4. The van der Waals surface area contributed by atoms with E-state index in [4.69, 9.17) is 10.5 Å². The molecule has 8 nitrogen and oxygen atoms in total. The summed E-state index contributed by atoms with van der Waals surface area (Å²) in [4.78, 5) is 17.2. The van der Waals surface area contributed by atoms with E-state index in [1.54, 1.807) is 19.1 Å².